The lowest BCUT2D eigenvalue weighted by Gasteiger charge is -2.00. The topological polar surface area (TPSA) is 89.9 Å². The van der Waals surface area contributed by atoms with Crippen LogP contribution in [0.5, 0.6) is 0 Å². The average molecular weight is 294 g/mol. The van der Waals surface area contributed by atoms with Gasteiger partial charge >= 0.3 is 5.97 Å². The third kappa shape index (κ3) is 3.48. The summed E-state index contributed by atoms with van der Waals surface area (Å²) in [6.07, 6.45) is 2.65. The molecule has 0 aromatic carbocycles. The van der Waals surface area contributed by atoms with Gasteiger partial charge in [-0.25, -0.2) is 14.5 Å². The number of unbranched alkanes of at least 4 members (excludes halogenated alkanes) is 1. The number of aryl methyl sites for hydroxylation is 2. The summed E-state index contributed by atoms with van der Waals surface area (Å²) in [5.41, 5.74) is 0.0376. The fourth-order valence-corrected chi connectivity index (χ4v) is 1.90. The van der Waals surface area contributed by atoms with E-state index in [1.54, 1.807) is 7.05 Å². The van der Waals surface area contributed by atoms with E-state index in [9.17, 15) is 9.59 Å². The largest absolute Gasteiger partial charge is 0.464 e. The second kappa shape index (κ2) is 7.56. The maximum Gasteiger partial charge on any atom is 0.359 e. The Morgan fingerprint density at radius 1 is 1.38 bits per heavy atom. The maximum atomic E-state index is 12.1. The Labute approximate surface area is 123 Å². The molecule has 0 unspecified atom stereocenters. The molecular weight excluding hydrogens is 272 g/mol. The molecule has 7 nitrogen and oxygen atoms in total. The number of ether oxygens (including phenoxy) is 1. The van der Waals surface area contributed by atoms with E-state index in [4.69, 9.17) is 0 Å². The van der Waals surface area contributed by atoms with Crippen molar-refractivity contribution in [1.29, 1.82) is 0 Å². The first kappa shape index (κ1) is 16.9. The number of carbonyl (C=O) groups is 1. The van der Waals surface area contributed by atoms with Crippen molar-refractivity contribution in [2.75, 3.05) is 7.11 Å². The van der Waals surface area contributed by atoms with Crippen LogP contribution in [-0.2, 0) is 18.2 Å². The molecule has 0 fully saturated rings. The van der Waals surface area contributed by atoms with Crippen LogP contribution in [0.1, 0.15) is 49.9 Å². The zero-order chi connectivity index (χ0) is 16.0. The number of hydrogen-bond donors (Lipinski definition) is 1. The lowest BCUT2D eigenvalue weighted by molar-refractivity contribution is 0.0595. The molecule has 0 radical (unpaired) electrons. The van der Waals surface area contributed by atoms with E-state index in [1.807, 2.05) is 13.8 Å². The highest BCUT2D eigenvalue weighted by atomic mass is 16.5. The highest BCUT2D eigenvalue weighted by Crippen LogP contribution is 2.13. The number of methoxy groups -OCH3 is 1. The molecule has 1 N–H and O–H groups in total. The molecule has 2 aromatic heterocycles. The van der Waals surface area contributed by atoms with Gasteiger partial charge in [0.2, 0.25) is 0 Å². The summed E-state index contributed by atoms with van der Waals surface area (Å²) in [6.45, 7) is 6.07. The number of hydrogen-bond acceptors (Lipinski definition) is 5. The quantitative estimate of drug-likeness (QED) is 0.869. The molecule has 7 heteroatoms. The third-order valence-corrected chi connectivity index (χ3v) is 2.89. The number of rotatable bonds is 4. The Hall–Kier alpha value is -2.18. The molecule has 21 heavy (non-hydrogen) atoms. The van der Waals surface area contributed by atoms with Crippen LogP contribution in [0.4, 0.5) is 0 Å². The first-order valence-corrected chi connectivity index (χ1v) is 7.12. The van der Waals surface area contributed by atoms with Crippen molar-refractivity contribution >= 4 is 17.0 Å². The molecule has 116 valence electrons. The highest BCUT2D eigenvalue weighted by molar-refractivity contribution is 6.00. The normalized spacial score (nSPS) is 10.1. The number of aromatic amines is 1. The lowest BCUT2D eigenvalue weighted by Crippen LogP contribution is -2.14. The molecule has 2 heterocycles. The third-order valence-electron chi connectivity index (χ3n) is 2.89. The van der Waals surface area contributed by atoms with Crippen LogP contribution in [0.2, 0.25) is 0 Å². The molecule has 0 saturated carbocycles. The first-order chi connectivity index (χ1) is 10.1. The van der Waals surface area contributed by atoms with Crippen molar-refractivity contribution in [1.82, 2.24) is 19.7 Å². The van der Waals surface area contributed by atoms with E-state index in [1.165, 1.54) is 11.8 Å². The van der Waals surface area contributed by atoms with E-state index in [-0.39, 0.29) is 16.6 Å². The molecule has 2 aromatic rings. The van der Waals surface area contributed by atoms with Crippen LogP contribution in [0, 0.1) is 0 Å². The minimum atomic E-state index is -0.640. The predicted molar refractivity (Wildman–Crippen MR) is 80.4 cm³/mol. The number of nitrogens with one attached hydrogen (secondary N) is 1. The number of H-pyrrole nitrogens is 1. The van der Waals surface area contributed by atoms with E-state index >= 15 is 0 Å². The van der Waals surface area contributed by atoms with Gasteiger partial charge in [-0.05, 0) is 6.42 Å². The van der Waals surface area contributed by atoms with E-state index in [0.717, 1.165) is 12.8 Å². The lowest BCUT2D eigenvalue weighted by atomic mass is 10.2. The van der Waals surface area contributed by atoms with Gasteiger partial charge in [-0.1, -0.05) is 27.2 Å². The summed E-state index contributed by atoms with van der Waals surface area (Å²) in [5.74, 6) is -0.0297. The number of aromatic nitrogens is 4. The van der Waals surface area contributed by atoms with Crippen LogP contribution in [0.3, 0.4) is 0 Å². The summed E-state index contributed by atoms with van der Waals surface area (Å²) >= 11 is 0. The molecular formula is C14H22N4O3. The van der Waals surface area contributed by atoms with Crippen LogP contribution in [-0.4, -0.2) is 32.8 Å². The van der Waals surface area contributed by atoms with Gasteiger partial charge in [-0.15, -0.1) is 0 Å². The van der Waals surface area contributed by atoms with E-state index < -0.39 is 5.97 Å². The predicted octanol–water partition coefficient (Wildman–Crippen LogP) is 1.81. The van der Waals surface area contributed by atoms with Crippen molar-refractivity contribution in [2.45, 2.75) is 40.0 Å². The van der Waals surface area contributed by atoms with Gasteiger partial charge in [0.05, 0.1) is 7.11 Å². The smallest absolute Gasteiger partial charge is 0.359 e. The number of esters is 1. The van der Waals surface area contributed by atoms with Gasteiger partial charge < -0.3 is 9.72 Å². The highest BCUT2D eigenvalue weighted by Gasteiger charge is 2.21. The molecule has 2 rings (SSSR count). The summed E-state index contributed by atoms with van der Waals surface area (Å²) < 4.78 is 6.04. The Morgan fingerprint density at radius 3 is 2.62 bits per heavy atom. The summed E-state index contributed by atoms with van der Waals surface area (Å²) in [5, 5.41) is 4.18. The molecule has 0 spiro atoms. The van der Waals surface area contributed by atoms with Crippen molar-refractivity contribution < 1.29 is 9.53 Å². The molecule has 0 aliphatic carbocycles. The standard InChI is InChI=1S/C12H16N4O3.C2H6/c1-4-5-6-7-13-10-8(11(17)14-7)9(12(18)19-3)15-16(10)2;1-2/h4-6H2,1-3H3,(H,13,14,17);1-2H3. The van der Waals surface area contributed by atoms with Gasteiger partial charge in [0.1, 0.15) is 11.2 Å². The van der Waals surface area contributed by atoms with Crippen molar-refractivity contribution in [3.8, 4) is 0 Å². The van der Waals surface area contributed by atoms with E-state index in [0.29, 0.717) is 17.9 Å². The van der Waals surface area contributed by atoms with Gasteiger partial charge in [-0.3, -0.25) is 4.79 Å². The van der Waals surface area contributed by atoms with Crippen molar-refractivity contribution in [2.24, 2.45) is 7.05 Å². The fraction of sp³-hybridized carbons (Fsp3) is 0.571. The minimum Gasteiger partial charge on any atom is -0.464 e. The Kier molecular flexibility index (Phi) is 6.08. The summed E-state index contributed by atoms with van der Waals surface area (Å²) in [4.78, 5) is 30.7. The van der Waals surface area contributed by atoms with Gasteiger partial charge in [0.25, 0.3) is 5.56 Å². The molecule has 0 atom stereocenters. The number of carbonyl (C=O) groups excluding carboxylic acids is 1. The van der Waals surface area contributed by atoms with Gasteiger partial charge in [0, 0.05) is 13.5 Å². The second-order valence-corrected chi connectivity index (χ2v) is 4.28. The van der Waals surface area contributed by atoms with Crippen molar-refractivity contribution in [3.05, 3.63) is 21.9 Å². The monoisotopic (exact) mass is 294 g/mol. The Morgan fingerprint density at radius 2 is 2.05 bits per heavy atom. The Bertz CT molecular complexity index is 673. The second-order valence-electron chi connectivity index (χ2n) is 4.28. The van der Waals surface area contributed by atoms with Crippen LogP contribution < -0.4 is 5.56 Å². The van der Waals surface area contributed by atoms with E-state index in [2.05, 4.69) is 26.7 Å². The molecule has 0 amide bonds. The van der Waals surface area contributed by atoms with Crippen LogP contribution in [0.15, 0.2) is 4.79 Å². The molecule has 0 saturated heterocycles. The number of fused-ring (bicyclic) bond motifs is 1. The minimum absolute atomic E-state index is 0.00390. The van der Waals surface area contributed by atoms with Gasteiger partial charge in [-0.2, -0.15) is 5.10 Å². The van der Waals surface area contributed by atoms with Gasteiger partial charge in [0.15, 0.2) is 11.3 Å². The van der Waals surface area contributed by atoms with Crippen LogP contribution >= 0.6 is 0 Å². The zero-order valence-electron chi connectivity index (χ0n) is 13.2. The van der Waals surface area contributed by atoms with Crippen LogP contribution in [0.25, 0.3) is 11.0 Å². The average Bonchev–Trinajstić information content (AvgIpc) is 2.84. The fourth-order valence-electron chi connectivity index (χ4n) is 1.90. The first-order valence-electron chi connectivity index (χ1n) is 7.12. The maximum absolute atomic E-state index is 12.1. The SMILES string of the molecule is CC.CCCCc1nc2c(c(C(=O)OC)nn2C)c(=O)[nH]1. The number of nitrogens with zero attached hydrogens (tertiary/aromatic N) is 3. The Balaban J connectivity index is 0.00000106. The molecule has 0 aliphatic heterocycles. The molecule has 0 aliphatic rings. The summed E-state index contributed by atoms with van der Waals surface area (Å²) in [7, 11) is 2.89. The zero-order valence-corrected chi connectivity index (χ0v) is 13.2. The van der Waals surface area contributed by atoms with Crippen molar-refractivity contribution in [3.63, 3.8) is 0 Å². The molecule has 0 bridgehead atoms. The summed E-state index contributed by atoms with van der Waals surface area (Å²) in [6, 6.07) is 0.